The fourth-order valence-electron chi connectivity index (χ4n) is 4.96. The van der Waals surface area contributed by atoms with Crippen molar-refractivity contribution in [3.05, 3.63) is 47.7 Å². The van der Waals surface area contributed by atoms with Gasteiger partial charge in [0.1, 0.15) is 5.82 Å². The fraction of sp³-hybridized carbons (Fsp3) is 0.500. The lowest BCUT2D eigenvalue weighted by Crippen LogP contribution is -2.47. The lowest BCUT2D eigenvalue weighted by Gasteiger charge is -2.39. The summed E-state index contributed by atoms with van der Waals surface area (Å²) in [5.41, 5.74) is 5.82. The maximum absolute atomic E-state index is 13.1. The standard InChI is InChI=1S/C26H34N4O3/c1-17(2)30-12-9-26(3,10-13-30)25(32)28-23-16-21(8-11-27-23)19-4-5-20-15-22(24(31)29-33)7-6-18(20)14-19/h4-5,8,11,14,16-17,22,33H,6-7,9-10,12-13,15H2,1-3H3,(H,29,31)(H,27,28,32). The summed E-state index contributed by atoms with van der Waals surface area (Å²) < 4.78 is 0. The topological polar surface area (TPSA) is 94.6 Å². The van der Waals surface area contributed by atoms with Crippen LogP contribution in [0.25, 0.3) is 11.1 Å². The van der Waals surface area contributed by atoms with E-state index >= 15 is 0 Å². The van der Waals surface area contributed by atoms with E-state index in [9.17, 15) is 9.59 Å². The zero-order valence-electron chi connectivity index (χ0n) is 19.7. The van der Waals surface area contributed by atoms with Gasteiger partial charge in [-0.3, -0.25) is 14.8 Å². The Morgan fingerprint density at radius 2 is 1.85 bits per heavy atom. The molecule has 33 heavy (non-hydrogen) atoms. The number of likely N-dealkylation sites (tertiary alicyclic amines) is 1. The van der Waals surface area contributed by atoms with Crippen LogP contribution in [-0.4, -0.2) is 46.0 Å². The van der Waals surface area contributed by atoms with Crippen molar-refractivity contribution in [2.24, 2.45) is 11.3 Å². The normalized spacial score (nSPS) is 20.2. The molecule has 1 saturated heterocycles. The molecule has 0 bridgehead atoms. The van der Waals surface area contributed by atoms with Gasteiger partial charge in [-0.05, 0) is 93.4 Å². The van der Waals surface area contributed by atoms with E-state index in [2.05, 4.69) is 48.1 Å². The summed E-state index contributed by atoms with van der Waals surface area (Å²) in [5.74, 6) is 0.101. The molecule has 1 unspecified atom stereocenters. The third-order valence-corrected chi connectivity index (χ3v) is 7.43. The van der Waals surface area contributed by atoms with E-state index in [-0.39, 0.29) is 23.1 Å². The summed E-state index contributed by atoms with van der Waals surface area (Å²) in [5, 5.41) is 12.0. The Kier molecular flexibility index (Phi) is 6.81. The third-order valence-electron chi connectivity index (χ3n) is 7.43. The molecular weight excluding hydrogens is 416 g/mol. The Hall–Kier alpha value is -2.77. The first kappa shape index (κ1) is 23.4. The summed E-state index contributed by atoms with van der Waals surface area (Å²) in [6.45, 7) is 8.32. The Balaban J connectivity index is 1.45. The Bertz CT molecular complexity index is 1030. The number of hydrogen-bond acceptors (Lipinski definition) is 5. The highest BCUT2D eigenvalue weighted by molar-refractivity contribution is 5.94. The Morgan fingerprint density at radius 1 is 1.12 bits per heavy atom. The van der Waals surface area contributed by atoms with Crippen molar-refractivity contribution in [2.75, 3.05) is 18.4 Å². The molecular formula is C26H34N4O3. The second kappa shape index (κ2) is 9.61. The third kappa shape index (κ3) is 5.09. The van der Waals surface area contributed by atoms with Crippen molar-refractivity contribution >= 4 is 17.6 Å². The predicted molar refractivity (Wildman–Crippen MR) is 128 cm³/mol. The number of anilines is 1. The lowest BCUT2D eigenvalue weighted by atomic mass is 9.79. The van der Waals surface area contributed by atoms with Crippen molar-refractivity contribution in [1.82, 2.24) is 15.4 Å². The predicted octanol–water partition coefficient (Wildman–Crippen LogP) is 3.81. The van der Waals surface area contributed by atoms with Gasteiger partial charge in [0.05, 0.1) is 0 Å². The molecule has 3 N–H and O–H groups in total. The van der Waals surface area contributed by atoms with Crippen LogP contribution in [0.4, 0.5) is 5.82 Å². The smallest absolute Gasteiger partial charge is 0.246 e. The fourth-order valence-corrected chi connectivity index (χ4v) is 4.96. The van der Waals surface area contributed by atoms with E-state index in [1.54, 1.807) is 11.7 Å². The van der Waals surface area contributed by atoms with Gasteiger partial charge in [0, 0.05) is 23.6 Å². The molecule has 0 saturated carbocycles. The number of carbonyl (C=O) groups excluding carboxylic acids is 2. The highest BCUT2D eigenvalue weighted by atomic mass is 16.5. The van der Waals surface area contributed by atoms with E-state index < -0.39 is 0 Å². The highest BCUT2D eigenvalue weighted by Crippen LogP contribution is 2.34. The van der Waals surface area contributed by atoms with Gasteiger partial charge >= 0.3 is 0 Å². The number of pyridine rings is 1. The number of carbonyl (C=O) groups is 2. The molecule has 7 nitrogen and oxygen atoms in total. The molecule has 7 heteroatoms. The first-order valence-corrected chi connectivity index (χ1v) is 11.9. The van der Waals surface area contributed by atoms with Gasteiger partial charge in [0.15, 0.2) is 0 Å². The summed E-state index contributed by atoms with van der Waals surface area (Å²) in [6, 6.07) is 10.6. The summed E-state index contributed by atoms with van der Waals surface area (Å²) in [6.07, 6.45) is 5.56. The maximum Gasteiger partial charge on any atom is 0.246 e. The van der Waals surface area contributed by atoms with Crippen molar-refractivity contribution in [3.63, 3.8) is 0 Å². The maximum atomic E-state index is 13.1. The first-order valence-electron chi connectivity index (χ1n) is 11.9. The molecule has 1 aromatic heterocycles. The van der Waals surface area contributed by atoms with Crippen LogP contribution >= 0.6 is 0 Å². The lowest BCUT2D eigenvalue weighted by molar-refractivity contribution is -0.133. The SMILES string of the molecule is CC(C)N1CCC(C)(C(=O)Nc2cc(-c3ccc4c(c3)CCC(C(=O)NO)C4)ccn2)CC1. The van der Waals surface area contributed by atoms with Gasteiger partial charge < -0.3 is 10.2 Å². The molecule has 4 rings (SSSR count). The number of nitrogens with one attached hydrogen (secondary N) is 2. The van der Waals surface area contributed by atoms with Crippen LogP contribution < -0.4 is 10.8 Å². The first-order chi connectivity index (χ1) is 15.8. The molecule has 1 atom stereocenters. The van der Waals surface area contributed by atoms with Crippen LogP contribution in [0.2, 0.25) is 0 Å². The van der Waals surface area contributed by atoms with Crippen molar-refractivity contribution in [1.29, 1.82) is 0 Å². The molecule has 2 amide bonds. The van der Waals surface area contributed by atoms with Crippen LogP contribution in [0.5, 0.6) is 0 Å². The molecule has 1 aliphatic carbocycles. The van der Waals surface area contributed by atoms with Crippen LogP contribution in [0.1, 0.15) is 51.2 Å². The number of fused-ring (bicyclic) bond motifs is 1. The number of aryl methyl sites for hydroxylation is 1. The molecule has 0 spiro atoms. The summed E-state index contributed by atoms with van der Waals surface area (Å²) in [4.78, 5) is 31.7. The van der Waals surface area contributed by atoms with E-state index in [0.717, 1.165) is 49.0 Å². The average molecular weight is 451 g/mol. The van der Waals surface area contributed by atoms with Crippen LogP contribution in [0.3, 0.4) is 0 Å². The Labute approximate surface area is 195 Å². The van der Waals surface area contributed by atoms with Gasteiger partial charge in [-0.2, -0.15) is 0 Å². The minimum atomic E-state index is -0.383. The Morgan fingerprint density at radius 3 is 2.55 bits per heavy atom. The molecule has 2 aromatic rings. The molecule has 176 valence electrons. The number of amides is 2. The van der Waals surface area contributed by atoms with E-state index in [1.165, 1.54) is 5.56 Å². The monoisotopic (exact) mass is 450 g/mol. The van der Waals surface area contributed by atoms with Crippen LogP contribution in [0, 0.1) is 11.3 Å². The molecule has 2 aliphatic rings. The number of benzene rings is 1. The van der Waals surface area contributed by atoms with Gasteiger partial charge in [-0.25, -0.2) is 10.5 Å². The second-order valence-corrected chi connectivity index (χ2v) is 9.97. The van der Waals surface area contributed by atoms with Crippen molar-refractivity contribution in [2.45, 2.75) is 58.9 Å². The van der Waals surface area contributed by atoms with E-state index in [0.29, 0.717) is 24.7 Å². The minimum Gasteiger partial charge on any atom is -0.310 e. The molecule has 1 fully saturated rings. The zero-order chi connectivity index (χ0) is 23.6. The van der Waals surface area contributed by atoms with Crippen LogP contribution in [-0.2, 0) is 22.4 Å². The van der Waals surface area contributed by atoms with Crippen molar-refractivity contribution in [3.8, 4) is 11.1 Å². The van der Waals surface area contributed by atoms with Gasteiger partial charge in [0.25, 0.3) is 0 Å². The number of hydrogen-bond donors (Lipinski definition) is 3. The molecule has 0 radical (unpaired) electrons. The number of piperidine rings is 1. The number of aromatic nitrogens is 1. The minimum absolute atomic E-state index is 0.0363. The highest BCUT2D eigenvalue weighted by Gasteiger charge is 2.37. The van der Waals surface area contributed by atoms with Gasteiger partial charge in [0.2, 0.25) is 11.8 Å². The summed E-state index contributed by atoms with van der Waals surface area (Å²) >= 11 is 0. The molecule has 1 aliphatic heterocycles. The van der Waals surface area contributed by atoms with Crippen LogP contribution in [0.15, 0.2) is 36.5 Å². The quantitative estimate of drug-likeness (QED) is 0.476. The number of hydroxylamine groups is 1. The molecule has 2 heterocycles. The zero-order valence-corrected chi connectivity index (χ0v) is 19.7. The molecule has 1 aromatic carbocycles. The van der Waals surface area contributed by atoms with E-state index in [1.807, 2.05) is 18.2 Å². The van der Waals surface area contributed by atoms with Gasteiger partial charge in [-0.15, -0.1) is 0 Å². The van der Waals surface area contributed by atoms with Gasteiger partial charge in [-0.1, -0.05) is 25.1 Å². The average Bonchev–Trinajstić information content (AvgIpc) is 2.83. The van der Waals surface area contributed by atoms with E-state index in [4.69, 9.17) is 5.21 Å². The summed E-state index contributed by atoms with van der Waals surface area (Å²) in [7, 11) is 0. The largest absolute Gasteiger partial charge is 0.310 e. The number of nitrogens with zero attached hydrogens (tertiary/aromatic N) is 2. The number of rotatable bonds is 5. The second-order valence-electron chi connectivity index (χ2n) is 9.97. The van der Waals surface area contributed by atoms with Crippen molar-refractivity contribution < 1.29 is 14.8 Å².